The van der Waals surface area contributed by atoms with Crippen LogP contribution in [0.3, 0.4) is 0 Å². The van der Waals surface area contributed by atoms with E-state index in [0.29, 0.717) is 11.8 Å². The zero-order chi connectivity index (χ0) is 22.9. The summed E-state index contributed by atoms with van der Waals surface area (Å²) < 4.78 is 4.46. The lowest BCUT2D eigenvalue weighted by Gasteiger charge is -2.20. The molecule has 3 heterocycles. The Morgan fingerprint density at radius 1 is 0.727 bits per heavy atom. The van der Waals surface area contributed by atoms with Crippen LogP contribution >= 0.6 is 0 Å². The molecular formula is C29H28N4. The molecule has 164 valence electrons. The number of hydrogen-bond donors (Lipinski definition) is 0. The number of imidazole rings is 2. The fourth-order valence-corrected chi connectivity index (χ4v) is 5.29. The van der Waals surface area contributed by atoms with Gasteiger partial charge in [-0.2, -0.15) is 0 Å². The molecular weight excluding hydrogens is 404 g/mol. The second kappa shape index (κ2) is 7.17. The molecule has 6 aromatic rings. The monoisotopic (exact) mass is 432 g/mol. The molecule has 0 N–H and O–H groups in total. The van der Waals surface area contributed by atoms with Gasteiger partial charge in [-0.3, -0.25) is 4.40 Å². The van der Waals surface area contributed by atoms with Crippen molar-refractivity contribution in [3.8, 4) is 11.3 Å². The Morgan fingerprint density at radius 3 is 2.12 bits per heavy atom. The van der Waals surface area contributed by atoms with E-state index >= 15 is 0 Å². The Hall–Kier alpha value is -3.66. The fraction of sp³-hybridized carbons (Fsp3) is 0.241. The van der Waals surface area contributed by atoms with Gasteiger partial charge in [-0.25, -0.2) is 9.97 Å². The van der Waals surface area contributed by atoms with E-state index in [4.69, 9.17) is 4.98 Å². The molecule has 0 saturated carbocycles. The van der Waals surface area contributed by atoms with E-state index in [1.54, 1.807) is 0 Å². The smallest absolute Gasteiger partial charge is 0.145 e. The molecule has 3 aromatic carbocycles. The van der Waals surface area contributed by atoms with E-state index in [-0.39, 0.29) is 0 Å². The van der Waals surface area contributed by atoms with E-state index in [9.17, 15) is 0 Å². The summed E-state index contributed by atoms with van der Waals surface area (Å²) in [4.78, 5) is 9.64. The lowest BCUT2D eigenvalue weighted by molar-refractivity contribution is 0.836. The molecule has 0 spiro atoms. The van der Waals surface area contributed by atoms with Gasteiger partial charge in [0.1, 0.15) is 5.65 Å². The molecule has 6 rings (SSSR count). The molecule has 0 amide bonds. The van der Waals surface area contributed by atoms with Gasteiger partial charge in [0.05, 0.1) is 34.8 Å². The first-order chi connectivity index (χ1) is 16.0. The number of aromatic nitrogens is 4. The van der Waals surface area contributed by atoms with Crippen molar-refractivity contribution in [2.24, 2.45) is 7.05 Å². The highest BCUT2D eigenvalue weighted by Gasteiger charge is 2.21. The number of rotatable bonds is 3. The highest BCUT2D eigenvalue weighted by molar-refractivity contribution is 6.15. The van der Waals surface area contributed by atoms with Crippen LogP contribution < -0.4 is 0 Å². The van der Waals surface area contributed by atoms with Gasteiger partial charge in [-0.15, -0.1) is 0 Å². The molecule has 0 aliphatic rings. The van der Waals surface area contributed by atoms with Crippen LogP contribution in [-0.4, -0.2) is 18.9 Å². The minimum atomic E-state index is 0.416. The van der Waals surface area contributed by atoms with Crippen molar-refractivity contribution in [3.05, 3.63) is 78.2 Å². The topological polar surface area (TPSA) is 35.1 Å². The third kappa shape index (κ3) is 2.83. The summed E-state index contributed by atoms with van der Waals surface area (Å²) in [6, 6.07) is 19.8. The van der Waals surface area contributed by atoms with Crippen molar-refractivity contribution >= 4 is 38.4 Å². The predicted molar refractivity (Wildman–Crippen MR) is 138 cm³/mol. The average molecular weight is 433 g/mol. The zero-order valence-electron chi connectivity index (χ0n) is 19.8. The molecule has 33 heavy (non-hydrogen) atoms. The van der Waals surface area contributed by atoms with E-state index in [1.165, 1.54) is 38.4 Å². The molecule has 0 bridgehead atoms. The molecule has 0 aliphatic carbocycles. The Morgan fingerprint density at radius 2 is 1.42 bits per heavy atom. The fourth-order valence-electron chi connectivity index (χ4n) is 5.29. The Bertz CT molecular complexity index is 1650. The highest BCUT2D eigenvalue weighted by Crippen LogP contribution is 2.40. The number of hydrogen-bond acceptors (Lipinski definition) is 2. The summed E-state index contributed by atoms with van der Waals surface area (Å²) in [5, 5.41) is 3.59. The molecule has 0 aliphatic heterocycles. The van der Waals surface area contributed by atoms with Crippen LogP contribution in [0.1, 0.15) is 50.7 Å². The van der Waals surface area contributed by atoms with Crippen LogP contribution in [0.4, 0.5) is 0 Å². The largest absolute Gasteiger partial charge is 0.334 e. The van der Waals surface area contributed by atoms with E-state index in [2.05, 4.69) is 109 Å². The van der Waals surface area contributed by atoms with Gasteiger partial charge in [-0.05, 0) is 40.5 Å². The number of benzene rings is 3. The van der Waals surface area contributed by atoms with Gasteiger partial charge in [0.2, 0.25) is 0 Å². The minimum Gasteiger partial charge on any atom is -0.334 e. The maximum Gasteiger partial charge on any atom is 0.145 e. The summed E-state index contributed by atoms with van der Waals surface area (Å²) in [6.07, 6.45) is 3.96. The molecule has 0 unspecified atom stereocenters. The van der Waals surface area contributed by atoms with Crippen LogP contribution in [0.2, 0.25) is 0 Å². The molecule has 0 fully saturated rings. The molecule has 4 nitrogen and oxygen atoms in total. The van der Waals surface area contributed by atoms with Crippen molar-refractivity contribution in [2.75, 3.05) is 0 Å². The van der Waals surface area contributed by atoms with Crippen LogP contribution in [0.15, 0.2) is 67.1 Å². The number of fused-ring (bicyclic) bond motifs is 7. The summed E-state index contributed by atoms with van der Waals surface area (Å²) in [7, 11) is 2.05. The molecule has 0 radical (unpaired) electrons. The minimum absolute atomic E-state index is 0.416. The van der Waals surface area contributed by atoms with Crippen LogP contribution in [0, 0.1) is 0 Å². The first-order valence-electron chi connectivity index (χ1n) is 11.7. The Labute approximate surface area is 193 Å². The van der Waals surface area contributed by atoms with Gasteiger partial charge in [0.15, 0.2) is 0 Å². The first-order valence-corrected chi connectivity index (χ1v) is 11.7. The first kappa shape index (κ1) is 20.0. The summed E-state index contributed by atoms with van der Waals surface area (Å²) in [5.41, 5.74) is 9.52. The average Bonchev–Trinajstić information content (AvgIpc) is 3.41. The third-order valence-electron chi connectivity index (χ3n) is 6.93. The number of nitrogens with zero attached hydrogens (tertiary/aromatic N) is 4. The standard InChI is InChI=1S/C29H28N4/c1-17(2)19-11-8-12-20(18(3)4)28(19)27-15-30-29-22-10-7-6-9-21(22)23-13-24-26(32(5)16-31-24)14-25(23)33(27)29/h6-18H,1-5H3. The van der Waals surface area contributed by atoms with Crippen molar-refractivity contribution in [2.45, 2.75) is 39.5 Å². The van der Waals surface area contributed by atoms with E-state index < -0.39 is 0 Å². The maximum absolute atomic E-state index is 5.00. The quantitative estimate of drug-likeness (QED) is 0.272. The van der Waals surface area contributed by atoms with Crippen LogP contribution in [-0.2, 0) is 7.05 Å². The van der Waals surface area contributed by atoms with Crippen molar-refractivity contribution in [3.63, 3.8) is 0 Å². The summed E-state index contributed by atoms with van der Waals surface area (Å²) in [5.74, 6) is 0.833. The summed E-state index contributed by atoms with van der Waals surface area (Å²) >= 11 is 0. The maximum atomic E-state index is 5.00. The Balaban J connectivity index is 1.86. The number of aryl methyl sites for hydroxylation is 1. The van der Waals surface area contributed by atoms with Gasteiger partial charge >= 0.3 is 0 Å². The zero-order valence-corrected chi connectivity index (χ0v) is 19.8. The van der Waals surface area contributed by atoms with Crippen molar-refractivity contribution in [1.29, 1.82) is 0 Å². The SMILES string of the molecule is CC(C)c1cccc(C(C)C)c1-c1cnc2c3ccccc3c3cc4ncn(C)c4cc3n12. The van der Waals surface area contributed by atoms with Crippen molar-refractivity contribution < 1.29 is 0 Å². The second-order valence-corrected chi connectivity index (χ2v) is 9.68. The van der Waals surface area contributed by atoms with Gasteiger partial charge in [-0.1, -0.05) is 70.2 Å². The lowest BCUT2D eigenvalue weighted by Crippen LogP contribution is -2.02. The van der Waals surface area contributed by atoms with E-state index in [1.807, 2.05) is 6.33 Å². The molecule has 3 aromatic heterocycles. The third-order valence-corrected chi connectivity index (χ3v) is 6.93. The number of pyridine rings is 1. The highest BCUT2D eigenvalue weighted by atomic mass is 15.0. The lowest BCUT2D eigenvalue weighted by atomic mass is 9.87. The Kier molecular flexibility index (Phi) is 4.34. The summed E-state index contributed by atoms with van der Waals surface area (Å²) in [6.45, 7) is 9.11. The van der Waals surface area contributed by atoms with Gasteiger partial charge in [0.25, 0.3) is 0 Å². The van der Waals surface area contributed by atoms with Crippen LogP contribution in [0.5, 0.6) is 0 Å². The van der Waals surface area contributed by atoms with Gasteiger partial charge < -0.3 is 4.57 Å². The van der Waals surface area contributed by atoms with E-state index in [0.717, 1.165) is 22.4 Å². The van der Waals surface area contributed by atoms with Crippen molar-refractivity contribution in [1.82, 2.24) is 18.9 Å². The normalized spacial score (nSPS) is 12.3. The van der Waals surface area contributed by atoms with Gasteiger partial charge in [0, 0.05) is 23.4 Å². The molecule has 4 heteroatoms. The predicted octanol–water partition coefficient (Wildman–Crippen LogP) is 7.44. The van der Waals surface area contributed by atoms with Crippen LogP contribution in [0.25, 0.3) is 49.6 Å². The molecule has 0 saturated heterocycles. The second-order valence-electron chi connectivity index (χ2n) is 9.68. The molecule has 0 atom stereocenters.